The molecule has 0 aliphatic carbocycles. The van der Waals surface area contributed by atoms with E-state index in [0.717, 1.165) is 0 Å². The largest absolute Gasteiger partial charge is 0.480 e. The van der Waals surface area contributed by atoms with Crippen LogP contribution in [-0.2, 0) is 9.53 Å². The standard InChI is InChI=1S/C12H15N3O6/c1-8-9(3-2-4-10(8)15(19)20)14-12(18)13-5-6-21-7-11(16)17/h2-4H,5-7H2,1H3,(H,16,17)(H2,13,14,18). The summed E-state index contributed by atoms with van der Waals surface area (Å²) >= 11 is 0. The summed E-state index contributed by atoms with van der Waals surface area (Å²) in [4.78, 5) is 32.0. The van der Waals surface area contributed by atoms with E-state index >= 15 is 0 Å². The number of carbonyl (C=O) groups excluding carboxylic acids is 1. The van der Waals surface area contributed by atoms with Crippen molar-refractivity contribution in [3.8, 4) is 0 Å². The number of hydrogen-bond donors (Lipinski definition) is 3. The topological polar surface area (TPSA) is 131 Å². The number of hydrogen-bond acceptors (Lipinski definition) is 5. The van der Waals surface area contributed by atoms with E-state index in [2.05, 4.69) is 10.6 Å². The number of carboxylic acid groups (broad SMARTS) is 1. The van der Waals surface area contributed by atoms with E-state index in [1.807, 2.05) is 0 Å². The van der Waals surface area contributed by atoms with E-state index < -0.39 is 23.5 Å². The van der Waals surface area contributed by atoms with Crippen molar-refractivity contribution in [1.29, 1.82) is 0 Å². The van der Waals surface area contributed by atoms with Gasteiger partial charge in [0.15, 0.2) is 0 Å². The number of nitro benzene ring substituents is 1. The maximum atomic E-state index is 11.6. The first-order valence-electron chi connectivity index (χ1n) is 6.00. The van der Waals surface area contributed by atoms with Crippen LogP contribution >= 0.6 is 0 Å². The first kappa shape index (κ1) is 16.4. The van der Waals surface area contributed by atoms with Crippen molar-refractivity contribution in [3.05, 3.63) is 33.9 Å². The molecule has 1 aromatic rings. The number of amides is 2. The summed E-state index contributed by atoms with van der Waals surface area (Å²) in [6.07, 6.45) is 0. The van der Waals surface area contributed by atoms with Crippen LogP contribution in [0.3, 0.4) is 0 Å². The van der Waals surface area contributed by atoms with Gasteiger partial charge >= 0.3 is 12.0 Å². The van der Waals surface area contributed by atoms with Crippen molar-refractivity contribution in [3.63, 3.8) is 0 Å². The summed E-state index contributed by atoms with van der Waals surface area (Å²) in [6.45, 7) is 1.26. The molecule has 0 atom stereocenters. The molecule has 9 nitrogen and oxygen atoms in total. The third-order valence-electron chi connectivity index (χ3n) is 2.51. The predicted molar refractivity (Wildman–Crippen MR) is 73.3 cm³/mol. The molecule has 1 rings (SSSR count). The fourth-order valence-electron chi connectivity index (χ4n) is 1.52. The summed E-state index contributed by atoms with van der Waals surface area (Å²) in [7, 11) is 0. The molecule has 2 amide bonds. The van der Waals surface area contributed by atoms with Gasteiger partial charge in [0, 0.05) is 12.6 Å². The van der Waals surface area contributed by atoms with Gasteiger partial charge in [0.2, 0.25) is 0 Å². The zero-order valence-corrected chi connectivity index (χ0v) is 11.3. The molecule has 0 saturated heterocycles. The van der Waals surface area contributed by atoms with Crippen LogP contribution in [0.4, 0.5) is 16.2 Å². The third-order valence-corrected chi connectivity index (χ3v) is 2.51. The van der Waals surface area contributed by atoms with Crippen LogP contribution in [0.2, 0.25) is 0 Å². The monoisotopic (exact) mass is 297 g/mol. The average molecular weight is 297 g/mol. The normalized spacial score (nSPS) is 9.95. The molecule has 0 saturated carbocycles. The van der Waals surface area contributed by atoms with E-state index in [-0.39, 0.29) is 18.8 Å². The molecule has 0 heterocycles. The van der Waals surface area contributed by atoms with Crippen LogP contribution in [0.1, 0.15) is 5.56 Å². The van der Waals surface area contributed by atoms with Gasteiger partial charge in [-0.25, -0.2) is 9.59 Å². The number of benzene rings is 1. The van der Waals surface area contributed by atoms with Gasteiger partial charge in [-0.05, 0) is 13.0 Å². The van der Waals surface area contributed by atoms with Gasteiger partial charge in [0.1, 0.15) is 6.61 Å². The summed E-state index contributed by atoms with van der Waals surface area (Å²) in [5.41, 5.74) is 0.588. The van der Waals surface area contributed by atoms with Crippen LogP contribution in [0, 0.1) is 17.0 Å². The molecule has 0 aliphatic rings. The molecule has 0 unspecified atom stereocenters. The lowest BCUT2D eigenvalue weighted by Crippen LogP contribution is -2.32. The minimum atomic E-state index is -1.09. The fraction of sp³-hybridized carbons (Fsp3) is 0.333. The molecule has 0 spiro atoms. The van der Waals surface area contributed by atoms with Crippen LogP contribution in [-0.4, -0.2) is 41.8 Å². The van der Waals surface area contributed by atoms with Crippen molar-refractivity contribution in [2.45, 2.75) is 6.92 Å². The average Bonchev–Trinajstić information content (AvgIpc) is 2.40. The SMILES string of the molecule is Cc1c(NC(=O)NCCOCC(=O)O)cccc1[N+](=O)[O-]. The summed E-state index contributed by atoms with van der Waals surface area (Å²) in [5.74, 6) is -1.09. The number of urea groups is 1. The van der Waals surface area contributed by atoms with Gasteiger partial charge in [-0.1, -0.05) is 6.07 Å². The third kappa shape index (κ3) is 5.45. The number of anilines is 1. The van der Waals surface area contributed by atoms with Gasteiger partial charge in [0.05, 0.1) is 22.8 Å². The Balaban J connectivity index is 2.46. The van der Waals surface area contributed by atoms with Crippen molar-refractivity contribution >= 4 is 23.4 Å². The zero-order chi connectivity index (χ0) is 15.8. The highest BCUT2D eigenvalue weighted by Gasteiger charge is 2.14. The van der Waals surface area contributed by atoms with Crippen LogP contribution in [0.15, 0.2) is 18.2 Å². The second-order valence-corrected chi connectivity index (χ2v) is 4.03. The fourth-order valence-corrected chi connectivity index (χ4v) is 1.52. The molecule has 0 aliphatic heterocycles. The maximum Gasteiger partial charge on any atom is 0.329 e. The number of carbonyl (C=O) groups is 2. The minimum absolute atomic E-state index is 0.0492. The maximum absolute atomic E-state index is 11.6. The number of rotatable bonds is 7. The van der Waals surface area contributed by atoms with Crippen LogP contribution in [0.25, 0.3) is 0 Å². The van der Waals surface area contributed by atoms with Crippen molar-refractivity contribution in [1.82, 2.24) is 5.32 Å². The Hall–Kier alpha value is -2.68. The Kier molecular flexibility index (Phi) is 6.08. The van der Waals surface area contributed by atoms with Gasteiger partial charge in [-0.2, -0.15) is 0 Å². The molecule has 114 valence electrons. The highest BCUT2D eigenvalue weighted by Crippen LogP contribution is 2.24. The molecular weight excluding hydrogens is 282 g/mol. The minimum Gasteiger partial charge on any atom is -0.480 e. The smallest absolute Gasteiger partial charge is 0.329 e. The molecule has 9 heteroatoms. The molecular formula is C12H15N3O6. The van der Waals surface area contributed by atoms with E-state index in [4.69, 9.17) is 9.84 Å². The Morgan fingerprint density at radius 3 is 2.76 bits per heavy atom. The van der Waals surface area contributed by atoms with E-state index in [1.54, 1.807) is 6.07 Å². The predicted octanol–water partition coefficient (Wildman–Crippen LogP) is 1.13. The molecule has 3 N–H and O–H groups in total. The van der Waals surface area contributed by atoms with E-state index in [0.29, 0.717) is 11.3 Å². The Morgan fingerprint density at radius 2 is 2.14 bits per heavy atom. The number of nitro groups is 1. The summed E-state index contributed by atoms with van der Waals surface area (Å²) < 4.78 is 4.74. The first-order chi connectivity index (χ1) is 9.91. The molecule has 1 aromatic carbocycles. The molecule has 0 fully saturated rings. The van der Waals surface area contributed by atoms with Crippen molar-refractivity contribution in [2.75, 3.05) is 25.1 Å². The first-order valence-corrected chi connectivity index (χ1v) is 6.00. The van der Waals surface area contributed by atoms with Gasteiger partial charge < -0.3 is 20.5 Å². The van der Waals surface area contributed by atoms with E-state index in [1.165, 1.54) is 19.1 Å². The quantitative estimate of drug-likeness (QED) is 0.393. The highest BCUT2D eigenvalue weighted by molar-refractivity contribution is 5.90. The second kappa shape index (κ2) is 7.80. The van der Waals surface area contributed by atoms with Crippen LogP contribution < -0.4 is 10.6 Å². The number of carboxylic acids is 1. The Labute approximate surface area is 120 Å². The van der Waals surface area contributed by atoms with Crippen molar-refractivity contribution < 1.29 is 24.4 Å². The number of nitrogens with zero attached hydrogens (tertiary/aromatic N) is 1. The van der Waals surface area contributed by atoms with Gasteiger partial charge in [-0.15, -0.1) is 0 Å². The van der Waals surface area contributed by atoms with Crippen molar-refractivity contribution in [2.24, 2.45) is 0 Å². The van der Waals surface area contributed by atoms with Crippen LogP contribution in [0.5, 0.6) is 0 Å². The number of aliphatic carboxylic acids is 1. The lowest BCUT2D eigenvalue weighted by atomic mass is 10.1. The molecule has 0 aromatic heterocycles. The Morgan fingerprint density at radius 1 is 1.43 bits per heavy atom. The lowest BCUT2D eigenvalue weighted by molar-refractivity contribution is -0.385. The van der Waals surface area contributed by atoms with Gasteiger partial charge in [-0.3, -0.25) is 10.1 Å². The Bertz CT molecular complexity index is 546. The molecule has 0 radical (unpaired) electrons. The molecule has 21 heavy (non-hydrogen) atoms. The molecule has 0 bridgehead atoms. The second-order valence-electron chi connectivity index (χ2n) is 4.03. The summed E-state index contributed by atoms with van der Waals surface area (Å²) in [5, 5.41) is 24.0. The number of nitrogens with one attached hydrogen (secondary N) is 2. The lowest BCUT2D eigenvalue weighted by Gasteiger charge is -2.09. The summed E-state index contributed by atoms with van der Waals surface area (Å²) in [6, 6.07) is 3.80. The zero-order valence-electron chi connectivity index (χ0n) is 11.3. The highest BCUT2D eigenvalue weighted by atomic mass is 16.6. The number of ether oxygens (including phenoxy) is 1. The van der Waals surface area contributed by atoms with E-state index in [9.17, 15) is 19.7 Å². The van der Waals surface area contributed by atoms with Gasteiger partial charge in [0.25, 0.3) is 5.69 Å².